The highest BCUT2D eigenvalue weighted by molar-refractivity contribution is 9.10. The molecule has 0 N–H and O–H groups in total. The van der Waals surface area contributed by atoms with Crippen molar-refractivity contribution in [3.05, 3.63) is 45.7 Å². The first-order valence-electron chi connectivity index (χ1n) is 8.41. The van der Waals surface area contributed by atoms with Crippen molar-refractivity contribution in [1.82, 2.24) is 29.2 Å². The molecule has 1 amide bonds. The summed E-state index contributed by atoms with van der Waals surface area (Å²) in [5.41, 5.74) is 2.68. The zero-order chi connectivity index (χ0) is 18.7. The molecule has 10 heteroatoms. The van der Waals surface area contributed by atoms with Crippen LogP contribution in [0, 0.1) is 0 Å². The van der Waals surface area contributed by atoms with Gasteiger partial charge in [0.1, 0.15) is 12.4 Å². The summed E-state index contributed by atoms with van der Waals surface area (Å²) in [6, 6.07) is 5.95. The molecule has 0 bridgehead atoms. The molecule has 2 aromatic heterocycles. The van der Waals surface area contributed by atoms with Crippen LogP contribution < -0.4 is 0 Å². The van der Waals surface area contributed by atoms with E-state index in [1.54, 1.807) is 15.9 Å². The highest BCUT2D eigenvalue weighted by Crippen LogP contribution is 2.34. The minimum atomic E-state index is -0.336. The molecule has 0 saturated carbocycles. The third kappa shape index (κ3) is 2.72. The van der Waals surface area contributed by atoms with E-state index in [4.69, 9.17) is 21.3 Å². The molecule has 138 valence electrons. The normalized spacial score (nSPS) is 18.0. The van der Waals surface area contributed by atoms with E-state index in [2.05, 4.69) is 26.0 Å². The molecule has 2 aliphatic rings. The highest BCUT2D eigenvalue weighted by Gasteiger charge is 2.30. The van der Waals surface area contributed by atoms with Crippen molar-refractivity contribution >= 4 is 33.6 Å². The van der Waals surface area contributed by atoms with Crippen LogP contribution in [0.5, 0.6) is 0 Å². The predicted octanol–water partition coefficient (Wildman–Crippen LogP) is 3.25. The van der Waals surface area contributed by atoms with E-state index in [0.717, 1.165) is 27.2 Å². The van der Waals surface area contributed by atoms with Gasteiger partial charge in [0.25, 0.3) is 0 Å². The predicted molar refractivity (Wildman–Crippen MR) is 101 cm³/mol. The number of carbonyl (C=O) groups excluding carboxylic acids is 1. The quantitative estimate of drug-likeness (QED) is 0.469. The number of carbonyl (C=O) groups is 1. The number of aromatic nitrogens is 5. The van der Waals surface area contributed by atoms with Gasteiger partial charge in [-0.15, -0.1) is 0 Å². The molecule has 8 nitrogen and oxygen atoms in total. The van der Waals surface area contributed by atoms with E-state index in [9.17, 15) is 4.79 Å². The van der Waals surface area contributed by atoms with Gasteiger partial charge in [-0.25, -0.2) is 19.4 Å². The lowest BCUT2D eigenvalue weighted by Crippen LogP contribution is -2.25. The summed E-state index contributed by atoms with van der Waals surface area (Å²) in [6.07, 6.45) is 1.25. The second-order valence-electron chi connectivity index (χ2n) is 6.60. The summed E-state index contributed by atoms with van der Waals surface area (Å²) in [6.45, 7) is 3.14. The number of cyclic esters (lactones) is 1. The van der Waals surface area contributed by atoms with Crippen molar-refractivity contribution in [2.45, 2.75) is 26.1 Å². The molecule has 0 unspecified atom stereocenters. The number of hydrogen-bond acceptors (Lipinski definition) is 5. The number of ether oxygens (including phenoxy) is 1. The number of benzene rings is 1. The summed E-state index contributed by atoms with van der Waals surface area (Å²) in [4.78, 5) is 22.5. The first-order chi connectivity index (χ1) is 13.0. The van der Waals surface area contributed by atoms with Gasteiger partial charge in [-0.3, -0.25) is 9.47 Å². The zero-order valence-corrected chi connectivity index (χ0v) is 16.6. The van der Waals surface area contributed by atoms with Crippen LogP contribution in [0.4, 0.5) is 4.79 Å². The number of halogens is 2. The molecular formula is C17H14BrClN6O2. The molecule has 2 aliphatic heterocycles. The van der Waals surface area contributed by atoms with Gasteiger partial charge in [0.05, 0.1) is 31.0 Å². The minimum absolute atomic E-state index is 0.122. The van der Waals surface area contributed by atoms with Crippen LogP contribution in [0.15, 0.2) is 29.0 Å². The van der Waals surface area contributed by atoms with Gasteiger partial charge in [0.2, 0.25) is 0 Å². The molecule has 4 heterocycles. The van der Waals surface area contributed by atoms with Gasteiger partial charge >= 0.3 is 6.09 Å². The fraction of sp³-hybridized carbons (Fsp3) is 0.294. The highest BCUT2D eigenvalue weighted by atomic mass is 79.9. The molecule has 3 aromatic rings. The molecule has 1 atom stereocenters. The number of amides is 1. The van der Waals surface area contributed by atoms with E-state index >= 15 is 0 Å². The van der Waals surface area contributed by atoms with Gasteiger partial charge in [-0.2, -0.15) is 5.10 Å². The number of imidazole rings is 1. The van der Waals surface area contributed by atoms with Crippen molar-refractivity contribution in [3.63, 3.8) is 0 Å². The van der Waals surface area contributed by atoms with Crippen LogP contribution in [0.2, 0.25) is 5.15 Å². The lowest BCUT2D eigenvalue weighted by molar-refractivity contribution is 0.137. The smallest absolute Gasteiger partial charge is 0.410 e. The molecule has 0 aliphatic carbocycles. The number of nitrogens with zero attached hydrogens (tertiary/aromatic N) is 6. The first-order valence-corrected chi connectivity index (χ1v) is 9.58. The Morgan fingerprint density at radius 2 is 2.26 bits per heavy atom. The third-order valence-corrected chi connectivity index (χ3v) is 5.47. The SMILES string of the molecule is C[C@H]1CN(Cc2nc3n(n2)Cc2c(Cl)ncn2-c2ccc(Br)cc2-3)C(=O)O1. The minimum Gasteiger partial charge on any atom is -0.444 e. The third-order valence-electron chi connectivity index (χ3n) is 4.66. The molecule has 1 saturated heterocycles. The van der Waals surface area contributed by atoms with Crippen LogP contribution in [0.3, 0.4) is 0 Å². The Morgan fingerprint density at radius 1 is 1.41 bits per heavy atom. The van der Waals surface area contributed by atoms with E-state index in [1.165, 1.54) is 0 Å². The van der Waals surface area contributed by atoms with Gasteiger partial charge in [-0.1, -0.05) is 27.5 Å². The number of rotatable bonds is 2. The lowest BCUT2D eigenvalue weighted by Gasteiger charge is -2.10. The fourth-order valence-electron chi connectivity index (χ4n) is 3.47. The molecular weight excluding hydrogens is 436 g/mol. The molecule has 0 spiro atoms. The van der Waals surface area contributed by atoms with Crippen LogP contribution in [0.1, 0.15) is 18.4 Å². The van der Waals surface area contributed by atoms with Crippen molar-refractivity contribution in [2.75, 3.05) is 6.54 Å². The number of fused-ring (bicyclic) bond motifs is 5. The van der Waals surface area contributed by atoms with Gasteiger partial charge < -0.3 is 4.74 Å². The standard InChI is InChI=1S/C17H14BrClN6O2/c1-9-5-23(17(26)27-9)7-14-21-16-11-4-10(18)2-3-12(11)24-8-20-15(19)13(24)6-25(16)22-14/h2-4,8-9H,5-7H2,1H3/t9-/m0/s1. The maximum Gasteiger partial charge on any atom is 0.410 e. The van der Waals surface area contributed by atoms with E-state index in [0.29, 0.717) is 30.6 Å². The second-order valence-corrected chi connectivity index (χ2v) is 7.87. The molecule has 0 radical (unpaired) electrons. The largest absolute Gasteiger partial charge is 0.444 e. The van der Waals surface area contributed by atoms with E-state index in [1.807, 2.05) is 29.7 Å². The monoisotopic (exact) mass is 448 g/mol. The fourth-order valence-corrected chi connectivity index (χ4v) is 4.03. The average Bonchev–Trinajstić information content (AvgIpc) is 3.25. The Hall–Kier alpha value is -2.39. The van der Waals surface area contributed by atoms with Crippen LogP contribution in [-0.2, 0) is 17.8 Å². The van der Waals surface area contributed by atoms with Crippen molar-refractivity contribution < 1.29 is 9.53 Å². The van der Waals surface area contributed by atoms with Crippen molar-refractivity contribution in [3.8, 4) is 17.1 Å². The lowest BCUT2D eigenvalue weighted by atomic mass is 10.1. The topological polar surface area (TPSA) is 78.1 Å². The van der Waals surface area contributed by atoms with Crippen LogP contribution >= 0.6 is 27.5 Å². The van der Waals surface area contributed by atoms with Crippen molar-refractivity contribution in [1.29, 1.82) is 0 Å². The Bertz CT molecular complexity index is 1080. The molecule has 27 heavy (non-hydrogen) atoms. The maximum absolute atomic E-state index is 11.9. The summed E-state index contributed by atoms with van der Waals surface area (Å²) < 4.78 is 9.88. The van der Waals surface area contributed by atoms with Gasteiger partial charge in [0, 0.05) is 10.0 Å². The summed E-state index contributed by atoms with van der Waals surface area (Å²) in [5, 5.41) is 5.06. The Kier molecular flexibility index (Phi) is 3.76. The molecule has 1 fully saturated rings. The van der Waals surface area contributed by atoms with E-state index < -0.39 is 0 Å². The Morgan fingerprint density at radius 3 is 3.04 bits per heavy atom. The summed E-state index contributed by atoms with van der Waals surface area (Å²) in [7, 11) is 0. The van der Waals surface area contributed by atoms with Crippen molar-refractivity contribution in [2.24, 2.45) is 0 Å². The average molecular weight is 450 g/mol. The molecule has 1 aromatic carbocycles. The van der Waals surface area contributed by atoms with E-state index in [-0.39, 0.29) is 12.2 Å². The summed E-state index contributed by atoms with van der Waals surface area (Å²) in [5.74, 6) is 1.28. The van der Waals surface area contributed by atoms with Crippen LogP contribution in [0.25, 0.3) is 17.1 Å². The van der Waals surface area contributed by atoms with Gasteiger partial charge in [0.15, 0.2) is 16.8 Å². The summed E-state index contributed by atoms with van der Waals surface area (Å²) >= 11 is 9.83. The Labute approximate surface area is 167 Å². The maximum atomic E-state index is 11.9. The zero-order valence-electron chi connectivity index (χ0n) is 14.3. The van der Waals surface area contributed by atoms with Gasteiger partial charge in [-0.05, 0) is 25.1 Å². The molecule has 5 rings (SSSR count). The first kappa shape index (κ1) is 16.8. The number of hydrogen-bond donors (Lipinski definition) is 0. The second kappa shape index (κ2) is 6.07. The van der Waals surface area contributed by atoms with Crippen LogP contribution in [-0.4, -0.2) is 48.0 Å². The Balaban J connectivity index is 1.61.